The van der Waals surface area contributed by atoms with Gasteiger partial charge in [0.25, 0.3) is 11.8 Å². The van der Waals surface area contributed by atoms with E-state index in [1.165, 1.54) is 25.0 Å². The molecule has 158 valence electrons. The molecule has 0 bridgehead atoms. The smallest absolute Gasteiger partial charge is 0.253 e. The number of hydrogen-bond acceptors (Lipinski definition) is 4. The first-order chi connectivity index (χ1) is 14.6. The van der Waals surface area contributed by atoms with Crippen molar-refractivity contribution in [1.82, 2.24) is 9.80 Å². The number of nitrogens with one attached hydrogen (secondary N) is 1. The SMILES string of the molecule is COC=CC(=O)Nc1ccc(C(=O)N2CCC(N(C)Cc3ccccc3)CC2)cc1. The highest BCUT2D eigenvalue weighted by Crippen LogP contribution is 2.20. The van der Waals surface area contributed by atoms with Crippen LogP contribution in [0.2, 0.25) is 0 Å². The van der Waals surface area contributed by atoms with Crippen LogP contribution in [-0.4, -0.2) is 54.9 Å². The lowest BCUT2D eigenvalue weighted by Crippen LogP contribution is -2.45. The van der Waals surface area contributed by atoms with E-state index in [4.69, 9.17) is 4.74 Å². The molecular weight excluding hydrogens is 378 g/mol. The number of ether oxygens (including phenoxy) is 1. The monoisotopic (exact) mass is 407 g/mol. The van der Waals surface area contributed by atoms with E-state index in [-0.39, 0.29) is 11.8 Å². The van der Waals surface area contributed by atoms with Gasteiger partial charge in [0, 0.05) is 43.0 Å². The summed E-state index contributed by atoms with van der Waals surface area (Å²) in [5.41, 5.74) is 2.58. The fraction of sp³-hybridized carbons (Fsp3) is 0.333. The van der Waals surface area contributed by atoms with Gasteiger partial charge in [-0.15, -0.1) is 0 Å². The summed E-state index contributed by atoms with van der Waals surface area (Å²) >= 11 is 0. The number of methoxy groups -OCH3 is 1. The third kappa shape index (κ3) is 5.94. The molecule has 0 radical (unpaired) electrons. The predicted octanol–water partition coefficient (Wildman–Crippen LogP) is 3.52. The number of hydrogen-bond donors (Lipinski definition) is 1. The van der Waals surface area contributed by atoms with E-state index in [2.05, 4.69) is 41.5 Å². The largest absolute Gasteiger partial charge is 0.504 e. The number of piperidine rings is 1. The predicted molar refractivity (Wildman–Crippen MR) is 118 cm³/mol. The summed E-state index contributed by atoms with van der Waals surface area (Å²) in [5.74, 6) is -0.242. The molecule has 3 rings (SSSR count). The van der Waals surface area contributed by atoms with Gasteiger partial charge in [-0.05, 0) is 49.7 Å². The Morgan fingerprint density at radius 1 is 1.10 bits per heavy atom. The molecule has 0 atom stereocenters. The van der Waals surface area contributed by atoms with Crippen LogP contribution in [0.25, 0.3) is 0 Å². The minimum absolute atomic E-state index is 0.0383. The molecule has 2 aromatic carbocycles. The second-order valence-electron chi connectivity index (χ2n) is 7.53. The lowest BCUT2D eigenvalue weighted by molar-refractivity contribution is -0.112. The summed E-state index contributed by atoms with van der Waals surface area (Å²) in [6.07, 6.45) is 4.55. The zero-order valence-corrected chi connectivity index (χ0v) is 17.6. The fourth-order valence-corrected chi connectivity index (χ4v) is 3.70. The van der Waals surface area contributed by atoms with E-state index in [0.717, 1.165) is 32.5 Å². The third-order valence-corrected chi connectivity index (χ3v) is 5.40. The zero-order chi connectivity index (χ0) is 21.3. The van der Waals surface area contributed by atoms with Crippen molar-refractivity contribution in [2.45, 2.75) is 25.4 Å². The van der Waals surface area contributed by atoms with Crippen LogP contribution in [0.15, 0.2) is 66.9 Å². The van der Waals surface area contributed by atoms with Crippen LogP contribution in [0.5, 0.6) is 0 Å². The quantitative estimate of drug-likeness (QED) is 0.564. The standard InChI is InChI=1S/C24H29N3O3/c1-26(18-19-6-4-3-5-7-19)22-12-15-27(16-13-22)24(29)20-8-10-21(11-9-20)25-23(28)14-17-30-2/h3-11,14,17,22H,12-13,15-16,18H2,1-2H3,(H,25,28). The van der Waals surface area contributed by atoms with Gasteiger partial charge in [-0.2, -0.15) is 0 Å². The summed E-state index contributed by atoms with van der Waals surface area (Å²) < 4.78 is 4.73. The van der Waals surface area contributed by atoms with Gasteiger partial charge in [-0.1, -0.05) is 30.3 Å². The highest BCUT2D eigenvalue weighted by molar-refractivity contribution is 6.00. The van der Waals surface area contributed by atoms with E-state index < -0.39 is 0 Å². The van der Waals surface area contributed by atoms with Crippen LogP contribution in [0.3, 0.4) is 0 Å². The Hall–Kier alpha value is -3.12. The maximum Gasteiger partial charge on any atom is 0.253 e. The molecular formula is C24H29N3O3. The Morgan fingerprint density at radius 3 is 2.40 bits per heavy atom. The van der Waals surface area contributed by atoms with Crippen LogP contribution >= 0.6 is 0 Å². The number of carbonyl (C=O) groups is 2. The minimum atomic E-state index is -0.280. The van der Waals surface area contributed by atoms with E-state index in [1.807, 2.05) is 11.0 Å². The molecule has 6 heteroatoms. The molecule has 1 aliphatic heterocycles. The first-order valence-electron chi connectivity index (χ1n) is 10.2. The summed E-state index contributed by atoms with van der Waals surface area (Å²) in [4.78, 5) is 28.8. The lowest BCUT2D eigenvalue weighted by Gasteiger charge is -2.37. The Balaban J connectivity index is 1.50. The molecule has 1 fully saturated rings. The molecule has 6 nitrogen and oxygen atoms in total. The number of carbonyl (C=O) groups excluding carboxylic acids is 2. The van der Waals surface area contributed by atoms with Crippen molar-refractivity contribution < 1.29 is 14.3 Å². The molecule has 0 saturated carbocycles. The number of benzene rings is 2. The Kier molecular flexibility index (Phi) is 7.63. The van der Waals surface area contributed by atoms with E-state index in [0.29, 0.717) is 17.3 Å². The number of rotatable bonds is 7. The van der Waals surface area contributed by atoms with Gasteiger partial charge in [0.1, 0.15) is 0 Å². The van der Waals surface area contributed by atoms with Crippen LogP contribution in [0, 0.1) is 0 Å². The molecule has 1 aliphatic rings. The number of likely N-dealkylation sites (tertiary alicyclic amines) is 1. The Bertz CT molecular complexity index is 857. The van der Waals surface area contributed by atoms with Gasteiger partial charge in [0.2, 0.25) is 0 Å². The van der Waals surface area contributed by atoms with Crippen LogP contribution in [-0.2, 0) is 16.1 Å². The van der Waals surface area contributed by atoms with Gasteiger partial charge in [-0.25, -0.2) is 0 Å². The van der Waals surface area contributed by atoms with Crippen molar-refractivity contribution in [2.24, 2.45) is 0 Å². The zero-order valence-electron chi connectivity index (χ0n) is 17.6. The highest BCUT2D eigenvalue weighted by atomic mass is 16.5. The van der Waals surface area contributed by atoms with Gasteiger partial charge in [0.05, 0.1) is 13.4 Å². The third-order valence-electron chi connectivity index (χ3n) is 5.40. The number of amides is 2. The Morgan fingerprint density at radius 2 is 1.77 bits per heavy atom. The summed E-state index contributed by atoms with van der Waals surface area (Å²) in [6, 6.07) is 17.9. The fourth-order valence-electron chi connectivity index (χ4n) is 3.70. The topological polar surface area (TPSA) is 61.9 Å². The normalized spacial score (nSPS) is 14.8. The molecule has 1 heterocycles. The molecule has 0 unspecified atom stereocenters. The van der Waals surface area contributed by atoms with Crippen LogP contribution in [0.1, 0.15) is 28.8 Å². The van der Waals surface area contributed by atoms with Gasteiger partial charge in [0.15, 0.2) is 0 Å². The second-order valence-corrected chi connectivity index (χ2v) is 7.53. The van der Waals surface area contributed by atoms with Crippen molar-refractivity contribution in [3.05, 3.63) is 78.1 Å². The molecule has 2 aromatic rings. The molecule has 0 spiro atoms. The van der Waals surface area contributed by atoms with Crippen LogP contribution in [0.4, 0.5) is 5.69 Å². The van der Waals surface area contributed by atoms with E-state index in [1.54, 1.807) is 24.3 Å². The van der Waals surface area contributed by atoms with Crippen molar-refractivity contribution in [2.75, 3.05) is 32.6 Å². The first kappa shape index (κ1) is 21.6. The van der Waals surface area contributed by atoms with Crippen molar-refractivity contribution in [3.8, 4) is 0 Å². The lowest BCUT2D eigenvalue weighted by atomic mass is 10.0. The van der Waals surface area contributed by atoms with Gasteiger partial charge >= 0.3 is 0 Å². The minimum Gasteiger partial charge on any atom is -0.504 e. The summed E-state index contributed by atoms with van der Waals surface area (Å²) in [6.45, 7) is 2.43. The average molecular weight is 408 g/mol. The van der Waals surface area contributed by atoms with Crippen LogP contribution < -0.4 is 5.32 Å². The van der Waals surface area contributed by atoms with Crippen molar-refractivity contribution in [3.63, 3.8) is 0 Å². The number of anilines is 1. The van der Waals surface area contributed by atoms with Crippen molar-refractivity contribution >= 4 is 17.5 Å². The van der Waals surface area contributed by atoms with Crippen molar-refractivity contribution in [1.29, 1.82) is 0 Å². The Labute approximate surface area is 178 Å². The molecule has 1 N–H and O–H groups in total. The molecule has 0 aromatic heterocycles. The maximum absolute atomic E-state index is 12.8. The molecule has 1 saturated heterocycles. The second kappa shape index (κ2) is 10.6. The first-order valence-corrected chi connectivity index (χ1v) is 10.2. The summed E-state index contributed by atoms with van der Waals surface area (Å²) in [7, 11) is 3.64. The molecule has 2 amide bonds. The maximum atomic E-state index is 12.8. The molecule has 30 heavy (non-hydrogen) atoms. The van der Waals surface area contributed by atoms with E-state index in [9.17, 15) is 9.59 Å². The molecule has 0 aliphatic carbocycles. The highest BCUT2D eigenvalue weighted by Gasteiger charge is 2.25. The van der Waals surface area contributed by atoms with Gasteiger partial charge in [-0.3, -0.25) is 14.5 Å². The average Bonchev–Trinajstić information content (AvgIpc) is 2.78. The van der Waals surface area contributed by atoms with E-state index >= 15 is 0 Å². The van der Waals surface area contributed by atoms with Gasteiger partial charge < -0.3 is 15.0 Å². The summed E-state index contributed by atoms with van der Waals surface area (Å²) in [5, 5.41) is 2.72. The number of nitrogens with zero attached hydrogens (tertiary/aromatic N) is 2.